The van der Waals surface area contributed by atoms with Crippen LogP contribution in [0.4, 0.5) is 5.69 Å². The molecule has 1 aliphatic rings. The van der Waals surface area contributed by atoms with Crippen molar-refractivity contribution in [1.82, 2.24) is 9.78 Å². The zero-order valence-corrected chi connectivity index (χ0v) is 15.4. The van der Waals surface area contributed by atoms with E-state index in [1.807, 2.05) is 47.4 Å². The number of aromatic nitrogens is 2. The Morgan fingerprint density at radius 1 is 1.07 bits per heavy atom. The van der Waals surface area contributed by atoms with Gasteiger partial charge in [-0.25, -0.2) is 4.68 Å². The van der Waals surface area contributed by atoms with Crippen molar-refractivity contribution in [2.75, 3.05) is 11.9 Å². The number of anilines is 1. The van der Waals surface area contributed by atoms with Gasteiger partial charge in [0, 0.05) is 18.4 Å². The molecule has 0 unspecified atom stereocenters. The van der Waals surface area contributed by atoms with Crippen molar-refractivity contribution in [2.24, 2.45) is 10.7 Å². The van der Waals surface area contributed by atoms with E-state index in [0.29, 0.717) is 12.5 Å². The fourth-order valence-corrected chi connectivity index (χ4v) is 3.59. The van der Waals surface area contributed by atoms with E-state index >= 15 is 0 Å². The average molecular weight is 359 g/mol. The minimum absolute atomic E-state index is 0.476. The van der Waals surface area contributed by atoms with Crippen LogP contribution < -0.4 is 11.1 Å². The Labute approximate surface area is 159 Å². The van der Waals surface area contributed by atoms with Gasteiger partial charge in [-0.15, -0.1) is 0 Å². The molecule has 1 aromatic heterocycles. The molecule has 4 rings (SSSR count). The molecule has 138 valence electrons. The van der Waals surface area contributed by atoms with E-state index in [1.165, 1.54) is 24.0 Å². The van der Waals surface area contributed by atoms with Gasteiger partial charge in [0.25, 0.3) is 0 Å². The van der Waals surface area contributed by atoms with E-state index in [0.717, 1.165) is 36.2 Å². The minimum Gasteiger partial charge on any atom is -0.370 e. The van der Waals surface area contributed by atoms with Gasteiger partial charge in [0.2, 0.25) is 0 Å². The predicted octanol–water partition coefficient (Wildman–Crippen LogP) is 3.72. The van der Waals surface area contributed by atoms with Gasteiger partial charge >= 0.3 is 0 Å². The number of nitrogens with two attached hydrogens (primary N) is 1. The fraction of sp³-hybridized carbons (Fsp3) is 0.273. The molecule has 0 fully saturated rings. The lowest BCUT2D eigenvalue weighted by Gasteiger charge is -2.19. The topological polar surface area (TPSA) is 68.2 Å². The lowest BCUT2D eigenvalue weighted by Crippen LogP contribution is -2.24. The van der Waals surface area contributed by atoms with Crippen molar-refractivity contribution in [2.45, 2.75) is 32.1 Å². The highest BCUT2D eigenvalue weighted by Crippen LogP contribution is 2.27. The van der Waals surface area contributed by atoms with Gasteiger partial charge in [-0.2, -0.15) is 5.10 Å². The molecule has 5 heteroatoms. The summed E-state index contributed by atoms with van der Waals surface area (Å²) < 4.78 is 1.89. The largest absolute Gasteiger partial charge is 0.370 e. The second-order valence-electron chi connectivity index (χ2n) is 6.92. The third-order valence-corrected chi connectivity index (χ3v) is 5.00. The monoisotopic (exact) mass is 359 g/mol. The number of hydrogen-bond acceptors (Lipinski definition) is 2. The van der Waals surface area contributed by atoms with Gasteiger partial charge in [0.05, 0.1) is 11.9 Å². The summed E-state index contributed by atoms with van der Waals surface area (Å²) in [5.41, 5.74) is 12.3. The molecule has 0 spiro atoms. The van der Waals surface area contributed by atoms with E-state index in [4.69, 9.17) is 5.73 Å². The van der Waals surface area contributed by atoms with Crippen molar-refractivity contribution in [3.63, 3.8) is 0 Å². The number of rotatable bonds is 5. The quantitative estimate of drug-likeness (QED) is 0.539. The van der Waals surface area contributed by atoms with E-state index in [2.05, 4.69) is 33.6 Å². The van der Waals surface area contributed by atoms with Crippen LogP contribution in [-0.2, 0) is 19.3 Å². The summed E-state index contributed by atoms with van der Waals surface area (Å²) in [5.74, 6) is 0.476. The van der Waals surface area contributed by atoms with Crippen molar-refractivity contribution in [1.29, 1.82) is 0 Å². The van der Waals surface area contributed by atoms with Crippen molar-refractivity contribution in [3.05, 3.63) is 77.6 Å². The summed E-state index contributed by atoms with van der Waals surface area (Å²) in [6.45, 7) is 0.633. The molecular weight excluding hydrogens is 334 g/mol. The molecule has 0 radical (unpaired) electrons. The Morgan fingerprint density at radius 2 is 1.93 bits per heavy atom. The Bertz CT molecular complexity index is 927. The maximum atomic E-state index is 6.12. The molecular formula is C22H25N5. The van der Waals surface area contributed by atoms with Crippen LogP contribution in [0.5, 0.6) is 0 Å². The van der Waals surface area contributed by atoms with Gasteiger partial charge in [-0.3, -0.25) is 4.99 Å². The maximum Gasteiger partial charge on any atom is 0.193 e. The summed E-state index contributed by atoms with van der Waals surface area (Å²) in [6, 6.07) is 16.5. The first-order valence-electron chi connectivity index (χ1n) is 9.56. The number of aryl methyl sites for hydroxylation is 1. The lowest BCUT2D eigenvalue weighted by atomic mass is 9.90. The molecule has 2 aromatic carbocycles. The first kappa shape index (κ1) is 17.3. The lowest BCUT2D eigenvalue weighted by molar-refractivity contribution is 0.687. The third kappa shape index (κ3) is 4.19. The van der Waals surface area contributed by atoms with Crippen LogP contribution >= 0.6 is 0 Å². The number of fused-ring (bicyclic) bond motifs is 1. The first-order chi connectivity index (χ1) is 13.3. The summed E-state index contributed by atoms with van der Waals surface area (Å²) in [4.78, 5) is 4.49. The Hall–Kier alpha value is -3.08. The molecule has 0 saturated carbocycles. The Morgan fingerprint density at radius 3 is 2.81 bits per heavy atom. The van der Waals surface area contributed by atoms with E-state index in [-0.39, 0.29) is 0 Å². The number of para-hydroxylation sites is 1. The van der Waals surface area contributed by atoms with Gasteiger partial charge in [0.15, 0.2) is 5.96 Å². The molecule has 0 aliphatic heterocycles. The number of aliphatic imine (C=N–C) groups is 1. The number of nitrogens with one attached hydrogen (secondary N) is 1. The Balaban J connectivity index is 1.36. The summed E-state index contributed by atoms with van der Waals surface area (Å²) in [6.07, 6.45) is 9.53. The molecule has 3 aromatic rings. The predicted molar refractivity (Wildman–Crippen MR) is 110 cm³/mol. The van der Waals surface area contributed by atoms with Gasteiger partial charge in [0.1, 0.15) is 0 Å². The summed E-state index contributed by atoms with van der Waals surface area (Å²) in [5, 5.41) is 7.72. The van der Waals surface area contributed by atoms with Crippen LogP contribution in [-0.4, -0.2) is 22.3 Å². The zero-order chi connectivity index (χ0) is 18.5. The SMILES string of the molecule is NC(=NCCc1cnn(-c2ccccc2)c1)Nc1cccc2c1CCCC2. The highest BCUT2D eigenvalue weighted by Gasteiger charge is 2.13. The number of hydrogen-bond donors (Lipinski definition) is 2. The molecule has 0 bridgehead atoms. The van der Waals surface area contributed by atoms with Gasteiger partial charge in [-0.1, -0.05) is 30.3 Å². The molecule has 1 aliphatic carbocycles. The number of nitrogens with zero attached hydrogens (tertiary/aromatic N) is 3. The minimum atomic E-state index is 0.476. The van der Waals surface area contributed by atoms with E-state index in [1.54, 1.807) is 0 Å². The fourth-order valence-electron chi connectivity index (χ4n) is 3.59. The van der Waals surface area contributed by atoms with Crippen molar-refractivity contribution in [3.8, 4) is 5.69 Å². The second-order valence-corrected chi connectivity index (χ2v) is 6.92. The smallest absolute Gasteiger partial charge is 0.193 e. The molecule has 27 heavy (non-hydrogen) atoms. The molecule has 0 amide bonds. The highest BCUT2D eigenvalue weighted by atomic mass is 15.3. The first-order valence-corrected chi connectivity index (χ1v) is 9.56. The summed E-state index contributed by atoms with van der Waals surface area (Å²) in [7, 11) is 0. The van der Waals surface area contributed by atoms with E-state index < -0.39 is 0 Å². The molecule has 1 heterocycles. The normalized spacial score (nSPS) is 14.0. The number of guanidine groups is 1. The van der Waals surface area contributed by atoms with Crippen molar-refractivity contribution < 1.29 is 0 Å². The van der Waals surface area contributed by atoms with Gasteiger partial charge in [-0.05, 0) is 67.0 Å². The molecule has 0 saturated heterocycles. The van der Waals surface area contributed by atoms with Gasteiger partial charge < -0.3 is 11.1 Å². The molecule has 5 nitrogen and oxygen atoms in total. The Kier molecular flexibility index (Phi) is 5.19. The summed E-state index contributed by atoms with van der Waals surface area (Å²) >= 11 is 0. The zero-order valence-electron chi connectivity index (χ0n) is 15.4. The van der Waals surface area contributed by atoms with Crippen LogP contribution in [0.2, 0.25) is 0 Å². The molecule has 3 N–H and O–H groups in total. The standard InChI is InChI=1S/C22H25N5/c23-22(26-21-12-6-8-18-7-4-5-11-20(18)21)24-14-13-17-15-25-27(16-17)19-9-2-1-3-10-19/h1-3,6,8-10,12,15-16H,4-5,7,11,13-14H2,(H3,23,24,26). The third-order valence-electron chi connectivity index (χ3n) is 5.00. The number of benzene rings is 2. The molecule has 0 atom stereocenters. The van der Waals surface area contributed by atoms with Crippen LogP contribution in [0.3, 0.4) is 0 Å². The van der Waals surface area contributed by atoms with E-state index in [9.17, 15) is 0 Å². The average Bonchev–Trinajstić information content (AvgIpc) is 3.18. The van der Waals surface area contributed by atoms with Crippen LogP contribution in [0, 0.1) is 0 Å². The van der Waals surface area contributed by atoms with Crippen LogP contribution in [0.25, 0.3) is 5.69 Å². The van der Waals surface area contributed by atoms with Crippen molar-refractivity contribution >= 4 is 11.6 Å². The maximum absolute atomic E-state index is 6.12. The van der Waals surface area contributed by atoms with Crippen LogP contribution in [0.1, 0.15) is 29.5 Å². The second kappa shape index (κ2) is 8.08. The highest BCUT2D eigenvalue weighted by molar-refractivity contribution is 5.93. The van der Waals surface area contributed by atoms with Crippen LogP contribution in [0.15, 0.2) is 65.9 Å².